The third-order valence-electron chi connectivity index (χ3n) is 3.02. The molecule has 0 heterocycles. The highest BCUT2D eigenvalue weighted by atomic mass is 16.1. The Morgan fingerprint density at radius 1 is 1.35 bits per heavy atom. The zero-order valence-electron chi connectivity index (χ0n) is 12.7. The molecule has 1 rings (SSSR count). The van der Waals surface area contributed by atoms with Gasteiger partial charge in [-0.3, -0.25) is 9.79 Å². The number of rotatable bonds is 8. The molecule has 20 heavy (non-hydrogen) atoms. The highest BCUT2D eigenvalue weighted by Crippen LogP contribution is 2.17. The number of aliphatic imine (C=N–C) groups is 1. The molecule has 110 valence electrons. The summed E-state index contributed by atoms with van der Waals surface area (Å²) in [6.07, 6.45) is 3.82. The maximum Gasteiger partial charge on any atom is 0.253 e. The number of carbonyl (C=O) groups is 1. The van der Waals surface area contributed by atoms with Gasteiger partial charge in [-0.25, -0.2) is 0 Å². The molecule has 0 aromatic heterocycles. The summed E-state index contributed by atoms with van der Waals surface area (Å²) in [7, 11) is 2.11. The first-order chi connectivity index (χ1) is 9.69. The smallest absolute Gasteiger partial charge is 0.253 e. The van der Waals surface area contributed by atoms with E-state index >= 15 is 0 Å². The molecule has 4 heteroatoms. The highest BCUT2D eigenvalue weighted by Gasteiger charge is 2.09. The summed E-state index contributed by atoms with van der Waals surface area (Å²) in [5, 5.41) is 2.96. The molecule has 0 aliphatic heterocycles. The lowest BCUT2D eigenvalue weighted by Gasteiger charge is -2.15. The Kier molecular flexibility index (Phi) is 7.58. The average Bonchev–Trinajstić information content (AvgIpc) is 2.44. The molecule has 4 nitrogen and oxygen atoms in total. The minimum atomic E-state index is -0.0515. The fourth-order valence-corrected chi connectivity index (χ4v) is 2.06. The zero-order chi connectivity index (χ0) is 14.8. The van der Waals surface area contributed by atoms with Gasteiger partial charge in [0.2, 0.25) is 0 Å². The minimum Gasteiger partial charge on any atom is -0.352 e. The van der Waals surface area contributed by atoms with Crippen LogP contribution < -0.4 is 5.32 Å². The van der Waals surface area contributed by atoms with Gasteiger partial charge in [-0.15, -0.1) is 0 Å². The lowest BCUT2D eigenvalue weighted by atomic mass is 10.1. The van der Waals surface area contributed by atoms with Crippen molar-refractivity contribution in [3.63, 3.8) is 0 Å². The van der Waals surface area contributed by atoms with Crippen LogP contribution in [-0.4, -0.2) is 43.7 Å². The van der Waals surface area contributed by atoms with E-state index in [1.54, 1.807) is 12.3 Å². The molecule has 0 radical (unpaired) electrons. The van der Waals surface area contributed by atoms with Gasteiger partial charge < -0.3 is 10.2 Å². The first kappa shape index (κ1) is 16.4. The number of carbonyl (C=O) groups excluding carboxylic acids is 1. The molecule has 0 saturated heterocycles. The predicted octanol–water partition coefficient (Wildman–Crippen LogP) is 2.87. The van der Waals surface area contributed by atoms with Gasteiger partial charge in [0.25, 0.3) is 5.91 Å². The molecule has 0 spiro atoms. The molecule has 0 unspecified atom stereocenters. The van der Waals surface area contributed by atoms with Crippen molar-refractivity contribution in [2.24, 2.45) is 4.99 Å². The summed E-state index contributed by atoms with van der Waals surface area (Å²) >= 11 is 0. The van der Waals surface area contributed by atoms with Crippen molar-refractivity contribution in [1.82, 2.24) is 10.2 Å². The number of nitrogens with one attached hydrogen (secondary N) is 1. The third kappa shape index (κ3) is 5.53. The standard InChI is InChI=1S/C16H25N3O/c1-4-12-19(3)13-8-11-18-16(20)14-9-6-7-10-15(14)17-5-2/h5-7,9-10H,4,8,11-13H2,1-3H3,(H,18,20)/b17-5+. The summed E-state index contributed by atoms with van der Waals surface area (Å²) in [4.78, 5) is 18.6. The van der Waals surface area contributed by atoms with E-state index < -0.39 is 0 Å². The van der Waals surface area contributed by atoms with Crippen molar-refractivity contribution >= 4 is 17.8 Å². The van der Waals surface area contributed by atoms with Crippen LogP contribution in [0.3, 0.4) is 0 Å². The lowest BCUT2D eigenvalue weighted by molar-refractivity contribution is 0.0952. The molecule has 1 aromatic carbocycles. The molecule has 0 bridgehead atoms. The Bertz CT molecular complexity index is 443. The Hall–Kier alpha value is -1.68. The van der Waals surface area contributed by atoms with Crippen LogP contribution >= 0.6 is 0 Å². The second kappa shape index (κ2) is 9.26. The minimum absolute atomic E-state index is 0.0515. The normalized spacial score (nSPS) is 11.2. The number of hydrogen-bond acceptors (Lipinski definition) is 3. The van der Waals surface area contributed by atoms with Gasteiger partial charge in [-0.05, 0) is 52.0 Å². The maximum absolute atomic E-state index is 12.1. The van der Waals surface area contributed by atoms with Crippen LogP contribution in [0.2, 0.25) is 0 Å². The van der Waals surface area contributed by atoms with Gasteiger partial charge >= 0.3 is 0 Å². The van der Waals surface area contributed by atoms with E-state index in [2.05, 4.69) is 29.2 Å². The van der Waals surface area contributed by atoms with E-state index in [9.17, 15) is 4.79 Å². The first-order valence-corrected chi connectivity index (χ1v) is 7.23. The summed E-state index contributed by atoms with van der Waals surface area (Å²) in [6, 6.07) is 7.41. The second-order valence-corrected chi connectivity index (χ2v) is 4.82. The van der Waals surface area contributed by atoms with Crippen LogP contribution in [0.4, 0.5) is 5.69 Å². The van der Waals surface area contributed by atoms with Gasteiger partial charge in [0.15, 0.2) is 0 Å². The molecule has 1 amide bonds. The summed E-state index contributed by atoms with van der Waals surface area (Å²) in [5.74, 6) is -0.0515. The SMILES string of the molecule is C/C=N/c1ccccc1C(=O)NCCCN(C)CCC. The van der Waals surface area contributed by atoms with Gasteiger partial charge in [0, 0.05) is 12.8 Å². The number of hydrogen-bond donors (Lipinski definition) is 1. The van der Waals surface area contributed by atoms with E-state index in [-0.39, 0.29) is 5.91 Å². The summed E-state index contributed by atoms with van der Waals surface area (Å²) in [6.45, 7) is 6.81. The van der Waals surface area contributed by atoms with Crippen molar-refractivity contribution in [3.8, 4) is 0 Å². The topological polar surface area (TPSA) is 44.7 Å². The fraction of sp³-hybridized carbons (Fsp3) is 0.500. The lowest BCUT2D eigenvalue weighted by Crippen LogP contribution is -2.28. The second-order valence-electron chi connectivity index (χ2n) is 4.82. The Labute approximate surface area is 121 Å². The predicted molar refractivity (Wildman–Crippen MR) is 85.0 cm³/mol. The average molecular weight is 275 g/mol. The molecule has 0 aliphatic rings. The first-order valence-electron chi connectivity index (χ1n) is 7.23. The van der Waals surface area contributed by atoms with Crippen molar-refractivity contribution in [1.29, 1.82) is 0 Å². The van der Waals surface area contributed by atoms with Crippen LogP contribution in [0.5, 0.6) is 0 Å². The van der Waals surface area contributed by atoms with Crippen LogP contribution in [-0.2, 0) is 0 Å². The molecule has 0 atom stereocenters. The monoisotopic (exact) mass is 275 g/mol. The Morgan fingerprint density at radius 3 is 2.80 bits per heavy atom. The fourth-order valence-electron chi connectivity index (χ4n) is 2.06. The molecule has 0 saturated carbocycles. The van der Waals surface area contributed by atoms with Crippen LogP contribution in [0.1, 0.15) is 37.0 Å². The third-order valence-corrected chi connectivity index (χ3v) is 3.02. The highest BCUT2D eigenvalue weighted by molar-refractivity contribution is 5.99. The molecule has 0 fully saturated rings. The van der Waals surface area contributed by atoms with Crippen molar-refractivity contribution in [3.05, 3.63) is 29.8 Å². The largest absolute Gasteiger partial charge is 0.352 e. The van der Waals surface area contributed by atoms with Gasteiger partial charge in [-0.2, -0.15) is 0 Å². The number of nitrogens with zero attached hydrogens (tertiary/aromatic N) is 2. The van der Waals surface area contributed by atoms with Gasteiger partial charge in [0.1, 0.15) is 0 Å². The van der Waals surface area contributed by atoms with Crippen molar-refractivity contribution < 1.29 is 4.79 Å². The number of para-hydroxylation sites is 1. The Morgan fingerprint density at radius 2 is 2.10 bits per heavy atom. The maximum atomic E-state index is 12.1. The van der Waals surface area contributed by atoms with Crippen molar-refractivity contribution in [2.45, 2.75) is 26.7 Å². The number of amides is 1. The molecular formula is C16H25N3O. The van der Waals surface area contributed by atoms with Crippen molar-refractivity contribution in [2.75, 3.05) is 26.7 Å². The zero-order valence-corrected chi connectivity index (χ0v) is 12.7. The van der Waals surface area contributed by atoms with E-state index in [0.717, 1.165) is 31.6 Å². The quantitative estimate of drug-likeness (QED) is 0.585. The summed E-state index contributed by atoms with van der Waals surface area (Å²) in [5.41, 5.74) is 1.35. The molecular weight excluding hydrogens is 250 g/mol. The van der Waals surface area contributed by atoms with E-state index in [1.807, 2.05) is 25.1 Å². The Balaban J connectivity index is 2.43. The van der Waals surface area contributed by atoms with Gasteiger partial charge in [0.05, 0.1) is 11.3 Å². The van der Waals surface area contributed by atoms with E-state index in [4.69, 9.17) is 0 Å². The molecule has 0 aliphatic carbocycles. The summed E-state index contributed by atoms with van der Waals surface area (Å²) < 4.78 is 0. The van der Waals surface area contributed by atoms with Gasteiger partial charge in [-0.1, -0.05) is 19.1 Å². The van der Waals surface area contributed by atoms with Crippen LogP contribution in [0, 0.1) is 0 Å². The van der Waals surface area contributed by atoms with E-state index in [0.29, 0.717) is 12.1 Å². The number of benzene rings is 1. The van der Waals surface area contributed by atoms with Crippen LogP contribution in [0.25, 0.3) is 0 Å². The van der Waals surface area contributed by atoms with Crippen LogP contribution in [0.15, 0.2) is 29.3 Å². The molecule has 1 N–H and O–H groups in total. The van der Waals surface area contributed by atoms with E-state index in [1.165, 1.54) is 0 Å². The molecule has 1 aromatic rings.